The molecule has 2 N–H and O–H groups in total. The van der Waals surface area contributed by atoms with Crippen molar-refractivity contribution in [2.24, 2.45) is 0 Å². The lowest BCUT2D eigenvalue weighted by molar-refractivity contribution is -0.143. The number of carbonyl (C=O) groups excluding carboxylic acids is 1. The number of methoxy groups -OCH3 is 1. The quantitative estimate of drug-likeness (QED) is 0.680. The van der Waals surface area contributed by atoms with Crippen molar-refractivity contribution in [3.05, 3.63) is 29.3 Å². The minimum atomic E-state index is -3.88. The van der Waals surface area contributed by atoms with Gasteiger partial charge in [0.05, 0.1) is 18.0 Å². The molecule has 1 amide bonds. The molecule has 0 saturated carbocycles. The fourth-order valence-electron chi connectivity index (χ4n) is 1.66. The van der Waals surface area contributed by atoms with E-state index in [0.29, 0.717) is 5.02 Å². The molecule has 0 aromatic heterocycles. The van der Waals surface area contributed by atoms with E-state index in [9.17, 15) is 18.0 Å². The maximum Gasteiger partial charge on any atom is 0.328 e. The van der Waals surface area contributed by atoms with E-state index < -0.39 is 34.5 Å². The summed E-state index contributed by atoms with van der Waals surface area (Å²) in [6.07, 6.45) is 0. The van der Waals surface area contributed by atoms with Crippen LogP contribution in [0.15, 0.2) is 29.2 Å². The number of likely N-dealkylation sites (N-methyl/N-ethyl adjacent to an activating group) is 1. The number of carbonyl (C=O) groups is 2. The van der Waals surface area contributed by atoms with Crippen LogP contribution in [0.4, 0.5) is 0 Å². The van der Waals surface area contributed by atoms with Crippen molar-refractivity contribution in [1.82, 2.24) is 9.62 Å². The summed E-state index contributed by atoms with van der Waals surface area (Å²) in [5.41, 5.74) is 0. The first-order chi connectivity index (χ1) is 10.7. The van der Waals surface area contributed by atoms with Gasteiger partial charge in [-0.05, 0) is 24.3 Å². The number of carboxylic acids is 1. The summed E-state index contributed by atoms with van der Waals surface area (Å²) in [4.78, 5) is 22.7. The van der Waals surface area contributed by atoms with E-state index in [-0.39, 0.29) is 11.5 Å². The number of rotatable bonds is 8. The Labute approximate surface area is 139 Å². The van der Waals surface area contributed by atoms with E-state index >= 15 is 0 Å². The van der Waals surface area contributed by atoms with Crippen molar-refractivity contribution in [3.8, 4) is 0 Å². The lowest BCUT2D eigenvalue weighted by atomic mass is 10.3. The fraction of sp³-hybridized carbons (Fsp3) is 0.385. The van der Waals surface area contributed by atoms with Gasteiger partial charge in [-0.15, -0.1) is 0 Å². The third-order valence-corrected chi connectivity index (χ3v) is 4.92. The first-order valence-corrected chi connectivity index (χ1v) is 8.23. The summed E-state index contributed by atoms with van der Waals surface area (Å²) in [7, 11) is -1.38. The highest BCUT2D eigenvalue weighted by Crippen LogP contribution is 2.17. The molecule has 128 valence electrons. The van der Waals surface area contributed by atoms with Crippen molar-refractivity contribution in [1.29, 1.82) is 0 Å². The van der Waals surface area contributed by atoms with Crippen LogP contribution in [0.5, 0.6) is 0 Å². The molecule has 0 aliphatic rings. The van der Waals surface area contributed by atoms with Crippen molar-refractivity contribution in [2.75, 3.05) is 27.3 Å². The zero-order valence-electron chi connectivity index (χ0n) is 12.5. The molecule has 0 spiro atoms. The second-order valence-electron chi connectivity index (χ2n) is 4.63. The molecule has 1 atom stereocenters. The van der Waals surface area contributed by atoms with Gasteiger partial charge in [-0.25, -0.2) is 13.2 Å². The molecule has 8 nitrogen and oxygen atoms in total. The molecular weight excluding hydrogens is 348 g/mol. The first kappa shape index (κ1) is 19.4. The average Bonchev–Trinajstić information content (AvgIpc) is 2.47. The Kier molecular flexibility index (Phi) is 6.95. The molecule has 0 saturated heterocycles. The van der Waals surface area contributed by atoms with E-state index in [1.165, 1.54) is 38.4 Å². The normalized spacial score (nSPS) is 12.9. The van der Waals surface area contributed by atoms with Crippen LogP contribution in [0.3, 0.4) is 0 Å². The summed E-state index contributed by atoms with van der Waals surface area (Å²) in [5, 5.41) is 11.5. The summed E-state index contributed by atoms with van der Waals surface area (Å²) in [5.74, 6) is -2.03. The van der Waals surface area contributed by atoms with Crippen LogP contribution < -0.4 is 5.32 Å². The summed E-state index contributed by atoms with van der Waals surface area (Å²) < 4.78 is 30.1. The van der Waals surface area contributed by atoms with E-state index in [4.69, 9.17) is 16.7 Å². The van der Waals surface area contributed by atoms with Crippen LogP contribution in [0.1, 0.15) is 0 Å². The topological polar surface area (TPSA) is 113 Å². The molecule has 1 unspecified atom stereocenters. The van der Waals surface area contributed by atoms with Gasteiger partial charge in [0.25, 0.3) is 0 Å². The SMILES string of the molecule is COCC(NC(=O)CN(C)S(=O)(=O)c1ccc(Cl)cc1)C(=O)O. The number of nitrogens with zero attached hydrogens (tertiary/aromatic N) is 1. The lowest BCUT2D eigenvalue weighted by Gasteiger charge is -2.19. The number of nitrogens with one attached hydrogen (secondary N) is 1. The molecular formula is C13H17ClN2O6S. The van der Waals surface area contributed by atoms with E-state index in [1.807, 2.05) is 0 Å². The molecule has 0 aliphatic carbocycles. The van der Waals surface area contributed by atoms with Crippen LogP contribution in [0.25, 0.3) is 0 Å². The number of hydrogen-bond acceptors (Lipinski definition) is 5. The third-order valence-electron chi connectivity index (χ3n) is 2.85. The van der Waals surface area contributed by atoms with Crippen molar-refractivity contribution < 1.29 is 27.9 Å². The van der Waals surface area contributed by atoms with Gasteiger partial charge in [-0.3, -0.25) is 4.79 Å². The number of halogens is 1. The molecule has 0 bridgehead atoms. The second-order valence-corrected chi connectivity index (χ2v) is 7.11. The Morgan fingerprint density at radius 1 is 1.35 bits per heavy atom. The van der Waals surface area contributed by atoms with Gasteiger partial charge in [0.1, 0.15) is 0 Å². The number of amides is 1. The van der Waals surface area contributed by atoms with Crippen LogP contribution >= 0.6 is 11.6 Å². The first-order valence-electron chi connectivity index (χ1n) is 6.41. The zero-order chi connectivity index (χ0) is 17.6. The standard InChI is InChI=1S/C13H17ClN2O6S/c1-16(7-12(17)15-11(8-22-2)13(18)19)23(20,21)10-5-3-9(14)4-6-10/h3-6,11H,7-8H2,1-2H3,(H,15,17)(H,18,19). The predicted octanol–water partition coefficient (Wildman–Crippen LogP) is 0.176. The van der Waals surface area contributed by atoms with Crippen LogP contribution in [-0.2, 0) is 24.3 Å². The number of benzene rings is 1. The average molecular weight is 365 g/mol. The van der Waals surface area contributed by atoms with Crippen molar-refractivity contribution in [3.63, 3.8) is 0 Å². The van der Waals surface area contributed by atoms with Gasteiger partial charge in [0.15, 0.2) is 6.04 Å². The Morgan fingerprint density at radius 2 is 1.91 bits per heavy atom. The molecule has 1 aromatic carbocycles. The highest BCUT2D eigenvalue weighted by Gasteiger charge is 2.25. The lowest BCUT2D eigenvalue weighted by Crippen LogP contribution is -2.47. The van der Waals surface area contributed by atoms with Crippen LogP contribution in [0, 0.1) is 0 Å². The minimum absolute atomic E-state index is 0.0242. The van der Waals surface area contributed by atoms with Crippen molar-refractivity contribution >= 4 is 33.5 Å². The molecule has 1 rings (SSSR count). The van der Waals surface area contributed by atoms with Gasteiger partial charge in [0.2, 0.25) is 15.9 Å². The maximum atomic E-state index is 12.3. The number of carboxylic acid groups (broad SMARTS) is 1. The highest BCUT2D eigenvalue weighted by molar-refractivity contribution is 7.89. The monoisotopic (exact) mass is 364 g/mol. The van der Waals surface area contributed by atoms with Gasteiger partial charge in [-0.2, -0.15) is 4.31 Å². The van der Waals surface area contributed by atoms with Crippen LogP contribution in [0.2, 0.25) is 5.02 Å². The largest absolute Gasteiger partial charge is 0.480 e. The van der Waals surface area contributed by atoms with Gasteiger partial charge >= 0.3 is 5.97 Å². The molecule has 0 fully saturated rings. The Morgan fingerprint density at radius 3 is 2.39 bits per heavy atom. The Hall–Kier alpha value is -1.68. The Bertz CT molecular complexity index is 662. The van der Waals surface area contributed by atoms with Crippen LogP contribution in [-0.4, -0.2) is 63.1 Å². The molecule has 0 radical (unpaired) electrons. The summed E-state index contributed by atoms with van der Waals surface area (Å²) in [6.45, 7) is -0.757. The predicted molar refractivity (Wildman–Crippen MR) is 82.7 cm³/mol. The van der Waals surface area contributed by atoms with E-state index in [0.717, 1.165) is 4.31 Å². The maximum absolute atomic E-state index is 12.3. The molecule has 23 heavy (non-hydrogen) atoms. The number of ether oxygens (including phenoxy) is 1. The fourth-order valence-corrected chi connectivity index (χ4v) is 2.91. The molecule has 0 heterocycles. The molecule has 0 aliphatic heterocycles. The summed E-state index contributed by atoms with van der Waals surface area (Å²) in [6, 6.07) is 4.22. The van der Waals surface area contributed by atoms with Gasteiger partial charge in [0, 0.05) is 19.2 Å². The van der Waals surface area contributed by atoms with E-state index in [1.54, 1.807) is 0 Å². The molecule has 10 heteroatoms. The third kappa shape index (κ3) is 5.47. The van der Waals surface area contributed by atoms with E-state index in [2.05, 4.69) is 10.1 Å². The number of sulfonamides is 1. The minimum Gasteiger partial charge on any atom is -0.480 e. The van der Waals surface area contributed by atoms with Gasteiger partial charge < -0.3 is 15.2 Å². The zero-order valence-corrected chi connectivity index (χ0v) is 14.1. The number of aliphatic carboxylic acids is 1. The summed E-state index contributed by atoms with van der Waals surface area (Å²) >= 11 is 5.70. The smallest absolute Gasteiger partial charge is 0.328 e. The number of hydrogen-bond donors (Lipinski definition) is 2. The molecule has 1 aromatic rings. The highest BCUT2D eigenvalue weighted by atomic mass is 35.5. The van der Waals surface area contributed by atoms with Crippen molar-refractivity contribution in [2.45, 2.75) is 10.9 Å². The Balaban J connectivity index is 2.77. The van der Waals surface area contributed by atoms with Gasteiger partial charge in [-0.1, -0.05) is 11.6 Å². The second kappa shape index (κ2) is 8.25.